The first-order chi connectivity index (χ1) is 7.36. The molecule has 0 saturated heterocycles. The summed E-state index contributed by atoms with van der Waals surface area (Å²) in [6, 6.07) is 6.60. The molecule has 0 heterocycles. The predicted octanol–water partition coefficient (Wildman–Crippen LogP) is 0.117. The van der Waals surface area contributed by atoms with Gasteiger partial charge in [0.05, 0.1) is 4.90 Å². The number of primary sulfonamides is 1. The minimum atomic E-state index is -3.61. The number of hydrogen-bond donors (Lipinski definition) is 2. The zero-order chi connectivity index (χ0) is 12.3. The van der Waals surface area contributed by atoms with E-state index in [9.17, 15) is 8.42 Å². The van der Waals surface area contributed by atoms with Crippen molar-refractivity contribution in [1.29, 1.82) is 0 Å². The van der Waals surface area contributed by atoms with Crippen LogP contribution in [0.25, 0.3) is 0 Å². The second-order valence-electron chi connectivity index (χ2n) is 3.73. The van der Waals surface area contributed by atoms with Gasteiger partial charge in [-0.2, -0.15) is 0 Å². The van der Waals surface area contributed by atoms with Crippen molar-refractivity contribution < 1.29 is 8.42 Å². The molecule has 90 valence electrons. The molecule has 0 bridgehead atoms. The maximum absolute atomic E-state index is 11.0. The number of benzene rings is 1. The number of sulfonamides is 1. The van der Waals surface area contributed by atoms with Crippen molar-refractivity contribution in [3.63, 3.8) is 0 Å². The van der Waals surface area contributed by atoms with Crippen LogP contribution in [0, 0.1) is 0 Å². The molecule has 4 N–H and O–H groups in total. The normalized spacial score (nSPS) is 13.5. The molecule has 1 rings (SSSR count). The van der Waals surface area contributed by atoms with Crippen LogP contribution in [-0.2, 0) is 10.0 Å². The zero-order valence-corrected chi connectivity index (χ0v) is 10.2. The summed E-state index contributed by atoms with van der Waals surface area (Å²) in [5, 5.41) is 5.01. The first-order valence-corrected chi connectivity index (χ1v) is 6.46. The SMILES string of the molecule is CC(CN)N(C)c1ccc(S(N)(=O)=O)cc1. The van der Waals surface area contributed by atoms with Crippen molar-refractivity contribution >= 4 is 15.7 Å². The Hall–Kier alpha value is -1.11. The van der Waals surface area contributed by atoms with Gasteiger partial charge in [0.1, 0.15) is 0 Å². The molecule has 16 heavy (non-hydrogen) atoms. The van der Waals surface area contributed by atoms with Crippen LogP contribution in [0.15, 0.2) is 29.2 Å². The standard InChI is InChI=1S/C10H17N3O2S/c1-8(7-11)13(2)9-3-5-10(6-4-9)16(12,14)15/h3-6,8H,7,11H2,1-2H3,(H2,12,14,15). The Labute approximate surface area is 96.1 Å². The quantitative estimate of drug-likeness (QED) is 0.786. The van der Waals surface area contributed by atoms with E-state index in [1.54, 1.807) is 12.1 Å². The van der Waals surface area contributed by atoms with Crippen LogP contribution in [0.3, 0.4) is 0 Å². The van der Waals surface area contributed by atoms with E-state index in [1.807, 2.05) is 18.9 Å². The average Bonchev–Trinajstić information content (AvgIpc) is 2.26. The van der Waals surface area contributed by atoms with Crippen LogP contribution >= 0.6 is 0 Å². The highest BCUT2D eigenvalue weighted by molar-refractivity contribution is 7.89. The Kier molecular flexibility index (Phi) is 3.90. The zero-order valence-electron chi connectivity index (χ0n) is 9.42. The Morgan fingerprint density at radius 1 is 1.31 bits per heavy atom. The number of likely N-dealkylation sites (N-methyl/N-ethyl adjacent to an activating group) is 1. The average molecular weight is 243 g/mol. The number of nitrogens with two attached hydrogens (primary N) is 2. The molecule has 0 aliphatic carbocycles. The highest BCUT2D eigenvalue weighted by Gasteiger charge is 2.10. The third-order valence-corrected chi connectivity index (χ3v) is 3.50. The van der Waals surface area contributed by atoms with Gasteiger partial charge in [0, 0.05) is 25.3 Å². The fourth-order valence-corrected chi connectivity index (χ4v) is 1.80. The van der Waals surface area contributed by atoms with E-state index in [1.165, 1.54) is 12.1 Å². The molecule has 1 unspecified atom stereocenters. The summed E-state index contributed by atoms with van der Waals surface area (Å²) in [6.45, 7) is 2.53. The molecule has 0 amide bonds. The monoisotopic (exact) mass is 243 g/mol. The van der Waals surface area contributed by atoms with Crippen LogP contribution < -0.4 is 15.8 Å². The van der Waals surface area contributed by atoms with Crippen molar-refractivity contribution in [3.8, 4) is 0 Å². The molecule has 1 atom stereocenters. The summed E-state index contributed by atoms with van der Waals surface area (Å²) in [4.78, 5) is 2.09. The van der Waals surface area contributed by atoms with Gasteiger partial charge in [-0.3, -0.25) is 0 Å². The Morgan fingerprint density at radius 3 is 2.19 bits per heavy atom. The first kappa shape index (κ1) is 13.0. The molecular formula is C10H17N3O2S. The van der Waals surface area contributed by atoms with E-state index in [0.29, 0.717) is 6.54 Å². The van der Waals surface area contributed by atoms with E-state index in [4.69, 9.17) is 10.9 Å². The molecule has 1 aromatic rings. The van der Waals surface area contributed by atoms with Gasteiger partial charge in [0.25, 0.3) is 0 Å². The van der Waals surface area contributed by atoms with E-state index >= 15 is 0 Å². The number of nitrogens with zero attached hydrogens (tertiary/aromatic N) is 1. The summed E-state index contributed by atoms with van der Waals surface area (Å²) in [5.41, 5.74) is 6.46. The van der Waals surface area contributed by atoms with Gasteiger partial charge in [0.15, 0.2) is 0 Å². The summed E-state index contributed by atoms with van der Waals surface area (Å²) in [6.07, 6.45) is 0. The highest BCUT2D eigenvalue weighted by atomic mass is 32.2. The smallest absolute Gasteiger partial charge is 0.238 e. The molecule has 0 radical (unpaired) electrons. The molecule has 0 aliphatic rings. The summed E-state index contributed by atoms with van der Waals surface area (Å²) >= 11 is 0. The van der Waals surface area contributed by atoms with Gasteiger partial charge in [0.2, 0.25) is 10.0 Å². The van der Waals surface area contributed by atoms with Crippen LogP contribution in [0.5, 0.6) is 0 Å². The van der Waals surface area contributed by atoms with E-state index < -0.39 is 10.0 Å². The summed E-state index contributed by atoms with van der Waals surface area (Å²) in [7, 11) is -1.71. The van der Waals surface area contributed by atoms with Crippen LogP contribution in [0.2, 0.25) is 0 Å². The van der Waals surface area contributed by atoms with E-state index in [0.717, 1.165) is 5.69 Å². The number of hydrogen-bond acceptors (Lipinski definition) is 4. The fourth-order valence-electron chi connectivity index (χ4n) is 1.28. The topological polar surface area (TPSA) is 89.4 Å². The molecule has 0 fully saturated rings. The molecule has 0 aromatic heterocycles. The van der Waals surface area contributed by atoms with Crippen LogP contribution in [0.4, 0.5) is 5.69 Å². The molecule has 0 aliphatic heterocycles. The minimum absolute atomic E-state index is 0.116. The maximum atomic E-state index is 11.0. The Bertz CT molecular complexity index is 442. The van der Waals surface area contributed by atoms with Crippen molar-refractivity contribution in [2.75, 3.05) is 18.5 Å². The summed E-state index contributed by atoms with van der Waals surface area (Å²) < 4.78 is 22.1. The molecule has 6 heteroatoms. The lowest BCUT2D eigenvalue weighted by atomic mass is 10.2. The van der Waals surface area contributed by atoms with E-state index in [2.05, 4.69) is 0 Å². The molecular weight excluding hydrogens is 226 g/mol. The number of anilines is 1. The van der Waals surface area contributed by atoms with Crippen molar-refractivity contribution in [1.82, 2.24) is 0 Å². The summed E-state index contributed by atoms with van der Waals surface area (Å²) in [5.74, 6) is 0. The number of rotatable bonds is 4. The second-order valence-corrected chi connectivity index (χ2v) is 5.30. The Morgan fingerprint density at radius 2 is 1.81 bits per heavy atom. The molecule has 1 aromatic carbocycles. The second kappa shape index (κ2) is 4.82. The highest BCUT2D eigenvalue weighted by Crippen LogP contribution is 2.17. The fraction of sp³-hybridized carbons (Fsp3) is 0.400. The largest absolute Gasteiger partial charge is 0.371 e. The Balaban J connectivity index is 2.96. The molecule has 5 nitrogen and oxygen atoms in total. The lowest BCUT2D eigenvalue weighted by Crippen LogP contribution is -2.35. The van der Waals surface area contributed by atoms with Crippen molar-refractivity contribution in [2.45, 2.75) is 17.9 Å². The van der Waals surface area contributed by atoms with Gasteiger partial charge in [-0.1, -0.05) is 0 Å². The minimum Gasteiger partial charge on any atom is -0.371 e. The van der Waals surface area contributed by atoms with E-state index in [-0.39, 0.29) is 10.9 Å². The molecule has 0 saturated carbocycles. The van der Waals surface area contributed by atoms with Crippen LogP contribution in [0.1, 0.15) is 6.92 Å². The van der Waals surface area contributed by atoms with Gasteiger partial charge in [-0.05, 0) is 31.2 Å². The third-order valence-electron chi connectivity index (χ3n) is 2.57. The van der Waals surface area contributed by atoms with Gasteiger partial charge >= 0.3 is 0 Å². The lowest BCUT2D eigenvalue weighted by molar-refractivity contribution is 0.598. The van der Waals surface area contributed by atoms with Gasteiger partial charge in [-0.25, -0.2) is 13.6 Å². The first-order valence-electron chi connectivity index (χ1n) is 4.92. The van der Waals surface area contributed by atoms with Crippen molar-refractivity contribution in [2.24, 2.45) is 10.9 Å². The maximum Gasteiger partial charge on any atom is 0.238 e. The van der Waals surface area contributed by atoms with Crippen molar-refractivity contribution in [3.05, 3.63) is 24.3 Å². The molecule has 0 spiro atoms. The van der Waals surface area contributed by atoms with Gasteiger partial charge < -0.3 is 10.6 Å². The van der Waals surface area contributed by atoms with Gasteiger partial charge in [-0.15, -0.1) is 0 Å². The van der Waals surface area contributed by atoms with Crippen LogP contribution in [-0.4, -0.2) is 28.1 Å². The lowest BCUT2D eigenvalue weighted by Gasteiger charge is -2.25. The predicted molar refractivity (Wildman–Crippen MR) is 64.7 cm³/mol. The third kappa shape index (κ3) is 2.94.